The van der Waals surface area contributed by atoms with Crippen molar-refractivity contribution in [3.8, 4) is 17.2 Å². The number of hydrogen-bond donors (Lipinski definition) is 3. The molecule has 0 unspecified atom stereocenters. The van der Waals surface area contributed by atoms with Crippen LogP contribution in [0.15, 0.2) is 75.6 Å². The van der Waals surface area contributed by atoms with Crippen molar-refractivity contribution in [2.45, 2.75) is 19.8 Å². The average molecular weight is 472 g/mol. The molecule has 170 valence electrons. The number of benzene rings is 3. The van der Waals surface area contributed by atoms with Crippen molar-refractivity contribution in [1.82, 2.24) is 10.3 Å². The van der Waals surface area contributed by atoms with Gasteiger partial charge in [-0.05, 0) is 66.2 Å². The number of aromatic hydroxyl groups is 1. The maximum absolute atomic E-state index is 12.5. The number of phenols is 1. The standard InChI is InChI=1S/C26H21N3O4S/c1-14(2)15-7-10-22-19(11-15)28-25(33-22)18-13-17(8-9-20(18)30)27-26(34)29-24(31)23-12-16-5-3-4-6-21(16)32-23/h3-14,30H,1-2H3,(H2,27,29,31,34). The van der Waals surface area contributed by atoms with Gasteiger partial charge in [-0.3, -0.25) is 10.1 Å². The van der Waals surface area contributed by atoms with Crippen LogP contribution in [-0.4, -0.2) is 21.1 Å². The molecule has 0 radical (unpaired) electrons. The second-order valence-corrected chi connectivity index (χ2v) is 8.60. The Morgan fingerprint density at radius 1 is 1.00 bits per heavy atom. The zero-order valence-corrected chi connectivity index (χ0v) is 19.3. The van der Waals surface area contributed by atoms with Gasteiger partial charge in [0.05, 0.1) is 5.56 Å². The van der Waals surface area contributed by atoms with E-state index in [1.165, 1.54) is 6.07 Å². The van der Waals surface area contributed by atoms with Crippen molar-refractivity contribution < 1.29 is 18.7 Å². The summed E-state index contributed by atoms with van der Waals surface area (Å²) in [5, 5.41) is 16.9. The van der Waals surface area contributed by atoms with Crippen molar-refractivity contribution >= 4 is 51.0 Å². The molecule has 0 bridgehead atoms. The summed E-state index contributed by atoms with van der Waals surface area (Å²) in [7, 11) is 0. The third-order valence-electron chi connectivity index (χ3n) is 5.44. The normalized spacial score (nSPS) is 11.3. The quantitative estimate of drug-likeness (QED) is 0.212. The van der Waals surface area contributed by atoms with E-state index >= 15 is 0 Å². The summed E-state index contributed by atoms with van der Waals surface area (Å²) in [4.78, 5) is 17.1. The zero-order chi connectivity index (χ0) is 23.8. The number of nitrogens with zero attached hydrogens (tertiary/aromatic N) is 1. The lowest BCUT2D eigenvalue weighted by Gasteiger charge is -2.10. The summed E-state index contributed by atoms with van der Waals surface area (Å²) < 4.78 is 11.4. The number of rotatable bonds is 4. The minimum absolute atomic E-state index is 0.0124. The second-order valence-electron chi connectivity index (χ2n) is 8.19. The van der Waals surface area contributed by atoms with E-state index < -0.39 is 5.91 Å². The van der Waals surface area contributed by atoms with E-state index in [4.69, 9.17) is 21.1 Å². The van der Waals surface area contributed by atoms with Crippen LogP contribution >= 0.6 is 12.2 Å². The van der Waals surface area contributed by atoms with Crippen molar-refractivity contribution in [2.75, 3.05) is 5.32 Å². The molecule has 0 spiro atoms. The SMILES string of the molecule is CC(C)c1ccc2oc(-c3cc(NC(=S)NC(=O)c4cc5ccccc5o4)ccc3O)nc2c1. The molecule has 7 nitrogen and oxygen atoms in total. The lowest BCUT2D eigenvalue weighted by atomic mass is 10.0. The molecule has 1 amide bonds. The van der Waals surface area contributed by atoms with E-state index in [1.807, 2.05) is 36.4 Å². The van der Waals surface area contributed by atoms with E-state index in [0.29, 0.717) is 33.9 Å². The maximum atomic E-state index is 12.5. The monoisotopic (exact) mass is 471 g/mol. The molecule has 0 aliphatic heterocycles. The molecule has 0 saturated carbocycles. The summed E-state index contributed by atoms with van der Waals surface area (Å²) in [5.41, 5.74) is 4.07. The van der Waals surface area contributed by atoms with Gasteiger partial charge in [-0.1, -0.05) is 38.1 Å². The van der Waals surface area contributed by atoms with Crippen LogP contribution in [0.5, 0.6) is 5.75 Å². The van der Waals surface area contributed by atoms with Gasteiger partial charge in [0.1, 0.15) is 16.8 Å². The van der Waals surface area contributed by atoms with E-state index in [1.54, 1.807) is 24.3 Å². The second kappa shape index (κ2) is 8.64. The number of fused-ring (bicyclic) bond motifs is 2. The molecular weight excluding hydrogens is 450 g/mol. The Kier molecular flexibility index (Phi) is 5.51. The Morgan fingerprint density at radius 3 is 2.62 bits per heavy atom. The zero-order valence-electron chi connectivity index (χ0n) is 18.5. The first kappa shape index (κ1) is 21.7. The van der Waals surface area contributed by atoms with Gasteiger partial charge in [0.15, 0.2) is 16.5 Å². The molecule has 2 aromatic heterocycles. The molecule has 0 atom stereocenters. The number of hydrogen-bond acceptors (Lipinski definition) is 6. The van der Waals surface area contributed by atoms with Gasteiger partial charge in [0.25, 0.3) is 5.91 Å². The molecule has 3 N–H and O–H groups in total. The molecule has 0 fully saturated rings. The number of amides is 1. The summed E-state index contributed by atoms with van der Waals surface area (Å²) in [6, 6.07) is 19.7. The van der Waals surface area contributed by atoms with E-state index in [9.17, 15) is 9.90 Å². The number of thiocarbonyl (C=S) groups is 1. The average Bonchev–Trinajstić information content (AvgIpc) is 3.44. The van der Waals surface area contributed by atoms with Gasteiger partial charge < -0.3 is 19.3 Å². The Hall–Kier alpha value is -4.17. The molecule has 5 rings (SSSR count). The first-order valence-electron chi connectivity index (χ1n) is 10.7. The van der Waals surface area contributed by atoms with Crippen LogP contribution in [0.2, 0.25) is 0 Å². The predicted molar refractivity (Wildman–Crippen MR) is 135 cm³/mol. The van der Waals surface area contributed by atoms with Crippen molar-refractivity contribution in [3.05, 3.63) is 78.1 Å². The molecule has 0 aliphatic carbocycles. The van der Waals surface area contributed by atoms with Gasteiger partial charge >= 0.3 is 0 Å². The third-order valence-corrected chi connectivity index (χ3v) is 5.64. The first-order chi connectivity index (χ1) is 16.4. The van der Waals surface area contributed by atoms with Crippen LogP contribution < -0.4 is 10.6 Å². The fourth-order valence-electron chi connectivity index (χ4n) is 3.62. The van der Waals surface area contributed by atoms with Crippen LogP contribution in [0.3, 0.4) is 0 Å². The van der Waals surface area contributed by atoms with Crippen LogP contribution in [-0.2, 0) is 0 Å². The first-order valence-corrected chi connectivity index (χ1v) is 11.1. The maximum Gasteiger partial charge on any atom is 0.293 e. The summed E-state index contributed by atoms with van der Waals surface area (Å²) >= 11 is 5.29. The Morgan fingerprint density at radius 2 is 1.82 bits per heavy atom. The molecule has 0 saturated heterocycles. The van der Waals surface area contributed by atoms with Crippen LogP contribution in [0.4, 0.5) is 5.69 Å². The molecule has 8 heteroatoms. The minimum atomic E-state index is -0.465. The van der Waals surface area contributed by atoms with Crippen LogP contribution in [0.1, 0.15) is 35.9 Å². The third kappa shape index (κ3) is 4.23. The number of furan rings is 1. The van der Waals surface area contributed by atoms with E-state index in [0.717, 1.165) is 10.9 Å². The fraction of sp³-hybridized carbons (Fsp3) is 0.115. The highest BCUT2D eigenvalue weighted by Crippen LogP contribution is 2.34. The number of carbonyl (C=O) groups is 1. The summed E-state index contributed by atoms with van der Waals surface area (Å²) in [5.74, 6) is 0.352. The predicted octanol–water partition coefficient (Wildman–Crippen LogP) is 6.20. The molecule has 34 heavy (non-hydrogen) atoms. The summed E-state index contributed by atoms with van der Waals surface area (Å²) in [6.45, 7) is 4.22. The number of phenolic OH excluding ortho intramolecular Hbond substituents is 1. The fourth-order valence-corrected chi connectivity index (χ4v) is 3.84. The van der Waals surface area contributed by atoms with Crippen molar-refractivity contribution in [3.63, 3.8) is 0 Å². The highest BCUT2D eigenvalue weighted by atomic mass is 32.1. The summed E-state index contributed by atoms with van der Waals surface area (Å²) in [6.07, 6.45) is 0. The van der Waals surface area contributed by atoms with Crippen molar-refractivity contribution in [2.24, 2.45) is 0 Å². The lowest BCUT2D eigenvalue weighted by Crippen LogP contribution is -2.33. The van der Waals surface area contributed by atoms with Gasteiger partial charge in [-0.2, -0.15) is 0 Å². The molecule has 0 aliphatic rings. The van der Waals surface area contributed by atoms with Crippen LogP contribution in [0, 0.1) is 0 Å². The van der Waals surface area contributed by atoms with Gasteiger partial charge in [0, 0.05) is 11.1 Å². The minimum Gasteiger partial charge on any atom is -0.507 e. The van der Waals surface area contributed by atoms with Gasteiger partial charge in [-0.15, -0.1) is 0 Å². The highest BCUT2D eigenvalue weighted by Gasteiger charge is 2.16. The Bertz CT molecular complexity index is 1520. The number of carbonyl (C=O) groups excluding carboxylic acids is 1. The van der Waals surface area contributed by atoms with Crippen molar-refractivity contribution in [1.29, 1.82) is 0 Å². The van der Waals surface area contributed by atoms with Gasteiger partial charge in [0.2, 0.25) is 5.89 Å². The Labute approximate surface area is 200 Å². The molecule has 2 heterocycles. The largest absolute Gasteiger partial charge is 0.507 e. The van der Waals surface area contributed by atoms with E-state index in [-0.39, 0.29) is 22.5 Å². The lowest BCUT2D eigenvalue weighted by molar-refractivity contribution is 0.0953. The number of para-hydroxylation sites is 1. The van der Waals surface area contributed by atoms with Gasteiger partial charge in [-0.25, -0.2) is 4.98 Å². The van der Waals surface area contributed by atoms with Crippen LogP contribution in [0.25, 0.3) is 33.5 Å². The number of oxazole rings is 1. The number of nitrogens with one attached hydrogen (secondary N) is 2. The van der Waals surface area contributed by atoms with E-state index in [2.05, 4.69) is 29.5 Å². The Balaban J connectivity index is 1.34. The topological polar surface area (TPSA) is 101 Å². The highest BCUT2D eigenvalue weighted by molar-refractivity contribution is 7.80. The number of aromatic nitrogens is 1. The molecule has 5 aromatic rings. The smallest absolute Gasteiger partial charge is 0.293 e. The molecular formula is C26H21N3O4S. The molecule has 3 aromatic carbocycles. The number of anilines is 1.